The zero-order valence-corrected chi connectivity index (χ0v) is 9.29. The maximum atomic E-state index is 13.4. The Morgan fingerprint density at radius 1 is 1.28 bits per heavy atom. The van der Waals surface area contributed by atoms with Gasteiger partial charge in [0, 0.05) is 17.7 Å². The quantitative estimate of drug-likeness (QED) is 0.869. The van der Waals surface area contributed by atoms with Crippen molar-refractivity contribution in [2.24, 2.45) is 5.73 Å². The lowest BCUT2D eigenvalue weighted by molar-refractivity contribution is -0.114. The first-order valence-electron chi connectivity index (χ1n) is 5.30. The lowest BCUT2D eigenvalue weighted by Gasteiger charge is -2.25. The van der Waals surface area contributed by atoms with Crippen LogP contribution in [-0.2, 0) is 11.2 Å². The number of primary amides is 1. The minimum absolute atomic E-state index is 0.0565. The van der Waals surface area contributed by atoms with Crippen molar-refractivity contribution < 1.29 is 18.0 Å². The summed E-state index contributed by atoms with van der Waals surface area (Å²) >= 11 is 0. The maximum absolute atomic E-state index is 13.4. The molecule has 0 aromatic heterocycles. The summed E-state index contributed by atoms with van der Waals surface area (Å²) in [6, 6.07) is 6.78. The fraction of sp³-hybridized carbons (Fsp3) is 0.250. The Hall–Kier alpha value is -1.98. The van der Waals surface area contributed by atoms with Crippen LogP contribution in [0.15, 0.2) is 35.5 Å². The van der Waals surface area contributed by atoms with Gasteiger partial charge < -0.3 is 11.1 Å². The van der Waals surface area contributed by atoms with E-state index in [0.717, 1.165) is 5.56 Å². The van der Waals surface area contributed by atoms with Gasteiger partial charge in [-0.15, -0.1) is 0 Å². The zero-order chi connectivity index (χ0) is 13.3. The van der Waals surface area contributed by atoms with Crippen molar-refractivity contribution >= 4 is 11.6 Å². The van der Waals surface area contributed by atoms with Gasteiger partial charge in [0.1, 0.15) is 0 Å². The predicted octanol–water partition coefficient (Wildman–Crippen LogP) is 2.00. The summed E-state index contributed by atoms with van der Waals surface area (Å²) in [5.74, 6) is -0.893. The SMILES string of the molecule is NC(=O)C1=C(C(F)C(F)F)Nc2ccccc2C1. The third-order valence-corrected chi connectivity index (χ3v) is 2.77. The van der Waals surface area contributed by atoms with E-state index in [1.165, 1.54) is 0 Å². The third kappa shape index (κ3) is 2.18. The molecule has 1 amide bonds. The Morgan fingerprint density at radius 3 is 2.56 bits per heavy atom. The van der Waals surface area contributed by atoms with E-state index in [9.17, 15) is 18.0 Å². The number of hydrogen-bond acceptors (Lipinski definition) is 2. The van der Waals surface area contributed by atoms with Crippen LogP contribution in [0.25, 0.3) is 0 Å². The number of allylic oxidation sites excluding steroid dienone is 1. The molecule has 0 saturated heterocycles. The molecule has 6 heteroatoms. The van der Waals surface area contributed by atoms with Gasteiger partial charge in [0.05, 0.1) is 5.70 Å². The minimum atomic E-state index is -3.20. The van der Waals surface area contributed by atoms with Crippen LogP contribution in [0.5, 0.6) is 0 Å². The molecule has 0 spiro atoms. The number of hydrogen-bond donors (Lipinski definition) is 2. The monoisotopic (exact) mass is 256 g/mol. The van der Waals surface area contributed by atoms with Crippen molar-refractivity contribution in [1.82, 2.24) is 0 Å². The zero-order valence-electron chi connectivity index (χ0n) is 9.29. The van der Waals surface area contributed by atoms with Crippen LogP contribution >= 0.6 is 0 Å². The molecular weight excluding hydrogens is 245 g/mol. The van der Waals surface area contributed by atoms with Crippen molar-refractivity contribution in [3.8, 4) is 0 Å². The molecular formula is C12H11F3N2O. The molecule has 1 aliphatic heterocycles. The van der Waals surface area contributed by atoms with Crippen LogP contribution in [0, 0.1) is 0 Å². The average Bonchev–Trinajstić information content (AvgIpc) is 2.36. The van der Waals surface area contributed by atoms with E-state index < -0.39 is 24.2 Å². The summed E-state index contributed by atoms with van der Waals surface area (Å²) < 4.78 is 38.3. The van der Waals surface area contributed by atoms with Gasteiger partial charge in [0.2, 0.25) is 12.1 Å². The van der Waals surface area contributed by atoms with Gasteiger partial charge >= 0.3 is 0 Å². The van der Waals surface area contributed by atoms with E-state index in [4.69, 9.17) is 5.73 Å². The molecule has 96 valence electrons. The highest BCUT2D eigenvalue weighted by Crippen LogP contribution is 2.31. The first kappa shape index (κ1) is 12.5. The van der Waals surface area contributed by atoms with Gasteiger partial charge in [-0.05, 0) is 11.6 Å². The van der Waals surface area contributed by atoms with Gasteiger partial charge in [-0.25, -0.2) is 13.2 Å². The number of alkyl halides is 3. The van der Waals surface area contributed by atoms with E-state index in [2.05, 4.69) is 5.32 Å². The summed E-state index contributed by atoms with van der Waals surface area (Å²) in [4.78, 5) is 11.2. The molecule has 1 aromatic carbocycles. The molecule has 2 rings (SSSR count). The second-order valence-electron chi connectivity index (χ2n) is 3.95. The third-order valence-electron chi connectivity index (χ3n) is 2.77. The largest absolute Gasteiger partial charge is 0.366 e. The van der Waals surface area contributed by atoms with Crippen molar-refractivity contribution in [2.45, 2.75) is 19.0 Å². The Labute approximate surface area is 101 Å². The summed E-state index contributed by atoms with van der Waals surface area (Å²) in [6.07, 6.45) is -5.69. The number of carbonyl (C=O) groups excluding carboxylic acids is 1. The van der Waals surface area contributed by atoms with Gasteiger partial charge in [-0.2, -0.15) is 0 Å². The number of carbonyl (C=O) groups is 1. The minimum Gasteiger partial charge on any atom is -0.366 e. The van der Waals surface area contributed by atoms with E-state index in [1.54, 1.807) is 24.3 Å². The normalized spacial score (nSPS) is 16.2. The Kier molecular flexibility index (Phi) is 3.27. The number of rotatable bonds is 3. The lowest BCUT2D eigenvalue weighted by atomic mass is 9.95. The Balaban J connectivity index is 2.43. The molecule has 3 N–H and O–H groups in total. The van der Waals surface area contributed by atoms with Crippen molar-refractivity contribution in [2.75, 3.05) is 5.32 Å². The van der Waals surface area contributed by atoms with Crippen molar-refractivity contribution in [3.05, 3.63) is 41.1 Å². The molecule has 1 aromatic rings. The Bertz CT molecular complexity index is 514. The molecule has 18 heavy (non-hydrogen) atoms. The molecule has 1 unspecified atom stereocenters. The second-order valence-corrected chi connectivity index (χ2v) is 3.95. The fourth-order valence-corrected chi connectivity index (χ4v) is 1.88. The molecule has 3 nitrogen and oxygen atoms in total. The van der Waals surface area contributed by atoms with E-state index in [1.807, 2.05) is 0 Å². The van der Waals surface area contributed by atoms with Crippen LogP contribution in [-0.4, -0.2) is 18.5 Å². The first-order chi connectivity index (χ1) is 8.50. The first-order valence-corrected chi connectivity index (χ1v) is 5.30. The number of amides is 1. The van der Waals surface area contributed by atoms with Gasteiger partial charge in [0.25, 0.3) is 6.43 Å². The average molecular weight is 256 g/mol. The molecule has 0 saturated carbocycles. The molecule has 0 aliphatic carbocycles. The highest BCUT2D eigenvalue weighted by Gasteiger charge is 2.31. The molecule has 0 fully saturated rings. The number of nitrogens with one attached hydrogen (secondary N) is 1. The predicted molar refractivity (Wildman–Crippen MR) is 60.9 cm³/mol. The van der Waals surface area contributed by atoms with E-state index in [0.29, 0.717) is 5.69 Å². The molecule has 0 radical (unpaired) electrons. The van der Waals surface area contributed by atoms with Gasteiger partial charge in [-0.1, -0.05) is 18.2 Å². The smallest absolute Gasteiger partial charge is 0.274 e. The second kappa shape index (κ2) is 4.72. The Morgan fingerprint density at radius 2 is 1.94 bits per heavy atom. The lowest BCUT2D eigenvalue weighted by Crippen LogP contribution is -2.31. The van der Waals surface area contributed by atoms with Gasteiger partial charge in [0.15, 0.2) is 0 Å². The highest BCUT2D eigenvalue weighted by atomic mass is 19.3. The summed E-state index contributed by atoms with van der Waals surface area (Å²) in [6.45, 7) is 0. The number of nitrogens with two attached hydrogens (primary N) is 1. The summed E-state index contributed by atoms with van der Waals surface area (Å²) in [5, 5.41) is 2.53. The van der Waals surface area contributed by atoms with Crippen LogP contribution < -0.4 is 11.1 Å². The van der Waals surface area contributed by atoms with Crippen LogP contribution in [0.2, 0.25) is 0 Å². The molecule has 1 atom stereocenters. The number of para-hydroxylation sites is 1. The number of benzene rings is 1. The van der Waals surface area contributed by atoms with Crippen LogP contribution in [0.1, 0.15) is 5.56 Å². The van der Waals surface area contributed by atoms with E-state index in [-0.39, 0.29) is 12.0 Å². The summed E-state index contributed by atoms with van der Waals surface area (Å²) in [7, 11) is 0. The maximum Gasteiger partial charge on any atom is 0.274 e. The fourth-order valence-electron chi connectivity index (χ4n) is 1.88. The standard InChI is InChI=1S/C12H11F3N2O/c13-9(11(14)15)10-7(12(16)18)5-6-3-1-2-4-8(6)17-10/h1-4,9,11,17H,5H2,(H2,16,18). The van der Waals surface area contributed by atoms with Crippen LogP contribution in [0.4, 0.5) is 18.9 Å². The van der Waals surface area contributed by atoms with E-state index >= 15 is 0 Å². The number of halogens is 3. The van der Waals surface area contributed by atoms with Crippen LogP contribution in [0.3, 0.4) is 0 Å². The summed E-state index contributed by atoms with van der Waals surface area (Å²) in [5.41, 5.74) is 5.77. The molecule has 0 bridgehead atoms. The topological polar surface area (TPSA) is 55.1 Å². The van der Waals surface area contributed by atoms with Gasteiger partial charge in [-0.3, -0.25) is 4.79 Å². The molecule has 1 aliphatic rings. The molecule has 1 heterocycles. The number of fused-ring (bicyclic) bond motifs is 1. The number of anilines is 1. The van der Waals surface area contributed by atoms with Crippen molar-refractivity contribution in [1.29, 1.82) is 0 Å². The highest BCUT2D eigenvalue weighted by molar-refractivity contribution is 5.95. The van der Waals surface area contributed by atoms with Crippen molar-refractivity contribution in [3.63, 3.8) is 0 Å².